The van der Waals surface area contributed by atoms with Gasteiger partial charge < -0.3 is 14.3 Å². The van der Waals surface area contributed by atoms with E-state index in [9.17, 15) is 4.79 Å². The summed E-state index contributed by atoms with van der Waals surface area (Å²) in [6, 6.07) is 14.4. The maximum atomic E-state index is 12.4. The summed E-state index contributed by atoms with van der Waals surface area (Å²) in [6.07, 6.45) is 1.93. The van der Waals surface area contributed by atoms with Gasteiger partial charge in [-0.15, -0.1) is 11.3 Å². The van der Waals surface area contributed by atoms with Crippen LogP contribution in [-0.4, -0.2) is 16.0 Å². The first-order chi connectivity index (χ1) is 12.7. The van der Waals surface area contributed by atoms with Gasteiger partial charge in [-0.3, -0.25) is 4.79 Å². The number of amides is 1. The first-order valence-electron chi connectivity index (χ1n) is 7.70. The van der Waals surface area contributed by atoms with Crippen molar-refractivity contribution in [3.63, 3.8) is 0 Å². The van der Waals surface area contributed by atoms with Crippen LogP contribution in [0.2, 0.25) is 4.34 Å². The molecular formula is C18H12ClN3O3S. The number of benzene rings is 1. The monoisotopic (exact) mass is 385 g/mol. The second-order valence-corrected chi connectivity index (χ2v) is 7.10. The molecule has 4 rings (SSSR count). The predicted octanol–water partition coefficient (Wildman–Crippen LogP) is 4.89. The Morgan fingerprint density at radius 1 is 1.15 bits per heavy atom. The van der Waals surface area contributed by atoms with Gasteiger partial charge in [-0.05, 0) is 35.9 Å². The lowest BCUT2D eigenvalue weighted by atomic mass is 10.1. The molecule has 0 atom stereocenters. The van der Waals surface area contributed by atoms with Crippen LogP contribution in [0.1, 0.15) is 21.1 Å². The lowest BCUT2D eigenvalue weighted by molar-refractivity contribution is 0.103. The Balaban J connectivity index is 1.53. The SMILES string of the molecule is O=C(Nc1ccccc1Cc1nc(-c2ccco2)no1)c1ccc(Cl)s1. The summed E-state index contributed by atoms with van der Waals surface area (Å²) >= 11 is 7.12. The number of furan rings is 1. The van der Waals surface area contributed by atoms with Gasteiger partial charge in [0.15, 0.2) is 5.76 Å². The number of hydrogen-bond donors (Lipinski definition) is 1. The van der Waals surface area contributed by atoms with E-state index in [2.05, 4.69) is 15.5 Å². The summed E-state index contributed by atoms with van der Waals surface area (Å²) < 4.78 is 11.1. The van der Waals surface area contributed by atoms with Crippen molar-refractivity contribution in [2.75, 3.05) is 5.32 Å². The fraction of sp³-hybridized carbons (Fsp3) is 0.0556. The molecule has 3 heterocycles. The van der Waals surface area contributed by atoms with E-state index < -0.39 is 0 Å². The minimum absolute atomic E-state index is 0.212. The molecule has 4 aromatic rings. The molecule has 0 fully saturated rings. The average Bonchev–Trinajstić information content (AvgIpc) is 3.37. The van der Waals surface area contributed by atoms with Gasteiger partial charge in [-0.25, -0.2) is 0 Å². The molecule has 1 N–H and O–H groups in total. The molecule has 0 unspecified atom stereocenters. The molecule has 130 valence electrons. The van der Waals surface area contributed by atoms with Crippen molar-refractivity contribution in [3.05, 3.63) is 75.5 Å². The Kier molecular flexibility index (Phi) is 4.55. The van der Waals surface area contributed by atoms with Crippen molar-refractivity contribution in [1.29, 1.82) is 0 Å². The highest BCUT2D eigenvalue weighted by atomic mass is 35.5. The van der Waals surface area contributed by atoms with E-state index >= 15 is 0 Å². The Morgan fingerprint density at radius 2 is 2.04 bits per heavy atom. The van der Waals surface area contributed by atoms with E-state index in [1.165, 1.54) is 11.3 Å². The lowest BCUT2D eigenvalue weighted by Crippen LogP contribution is -2.12. The van der Waals surface area contributed by atoms with Crippen molar-refractivity contribution >= 4 is 34.5 Å². The first kappa shape index (κ1) is 16.6. The van der Waals surface area contributed by atoms with Crippen LogP contribution in [0, 0.1) is 0 Å². The summed E-state index contributed by atoms with van der Waals surface area (Å²) in [7, 11) is 0. The lowest BCUT2D eigenvalue weighted by Gasteiger charge is -2.08. The summed E-state index contributed by atoms with van der Waals surface area (Å²) in [5.74, 6) is 1.14. The zero-order valence-electron chi connectivity index (χ0n) is 13.3. The van der Waals surface area contributed by atoms with Gasteiger partial charge in [0.2, 0.25) is 11.7 Å². The van der Waals surface area contributed by atoms with Gasteiger partial charge in [0, 0.05) is 5.69 Å². The molecule has 0 spiro atoms. The summed E-state index contributed by atoms with van der Waals surface area (Å²) in [6.45, 7) is 0. The molecule has 0 saturated carbocycles. The number of thiophene rings is 1. The molecule has 6 nitrogen and oxygen atoms in total. The molecule has 0 bridgehead atoms. The second kappa shape index (κ2) is 7.15. The summed E-state index contributed by atoms with van der Waals surface area (Å²) in [5, 5.41) is 6.81. The van der Waals surface area contributed by atoms with Gasteiger partial charge in [0.05, 0.1) is 21.9 Å². The minimum atomic E-state index is -0.212. The van der Waals surface area contributed by atoms with E-state index in [-0.39, 0.29) is 5.91 Å². The third-order valence-electron chi connectivity index (χ3n) is 3.61. The Bertz CT molecular complexity index is 1040. The van der Waals surface area contributed by atoms with E-state index in [1.807, 2.05) is 24.3 Å². The highest BCUT2D eigenvalue weighted by Crippen LogP contribution is 2.25. The second-order valence-electron chi connectivity index (χ2n) is 5.38. The zero-order valence-corrected chi connectivity index (χ0v) is 14.9. The molecule has 8 heteroatoms. The fourth-order valence-corrected chi connectivity index (χ4v) is 3.35. The summed E-state index contributed by atoms with van der Waals surface area (Å²) in [4.78, 5) is 17.2. The highest BCUT2D eigenvalue weighted by Gasteiger charge is 2.15. The first-order valence-corrected chi connectivity index (χ1v) is 8.89. The molecule has 3 aromatic heterocycles. The van der Waals surface area contributed by atoms with Crippen LogP contribution in [0.3, 0.4) is 0 Å². The van der Waals surface area contributed by atoms with Crippen LogP contribution >= 0.6 is 22.9 Å². The van der Waals surface area contributed by atoms with Gasteiger partial charge >= 0.3 is 0 Å². The predicted molar refractivity (Wildman–Crippen MR) is 98.5 cm³/mol. The molecule has 1 aromatic carbocycles. The topological polar surface area (TPSA) is 81.2 Å². The van der Waals surface area contributed by atoms with Crippen LogP contribution < -0.4 is 5.32 Å². The third-order valence-corrected chi connectivity index (χ3v) is 4.84. The maximum absolute atomic E-state index is 12.4. The smallest absolute Gasteiger partial charge is 0.265 e. The van der Waals surface area contributed by atoms with Crippen molar-refractivity contribution < 1.29 is 13.7 Å². The van der Waals surface area contributed by atoms with Crippen LogP contribution in [0.5, 0.6) is 0 Å². The summed E-state index contributed by atoms with van der Waals surface area (Å²) in [5.41, 5.74) is 1.54. The van der Waals surface area contributed by atoms with Crippen LogP contribution in [0.4, 0.5) is 5.69 Å². The van der Waals surface area contributed by atoms with Gasteiger partial charge in [0.25, 0.3) is 5.91 Å². The standard InChI is InChI=1S/C18H12ClN3O3S/c19-15-8-7-14(26-15)18(23)20-12-5-2-1-4-11(12)10-16-21-17(22-25-16)13-6-3-9-24-13/h1-9H,10H2,(H,20,23). The average molecular weight is 386 g/mol. The van der Waals surface area contributed by atoms with Crippen molar-refractivity contribution in [1.82, 2.24) is 10.1 Å². The number of hydrogen-bond acceptors (Lipinski definition) is 6. The number of halogens is 1. The number of aromatic nitrogens is 2. The van der Waals surface area contributed by atoms with Gasteiger partial charge in [-0.1, -0.05) is 35.0 Å². The zero-order chi connectivity index (χ0) is 17.9. The molecule has 0 aliphatic heterocycles. The van der Waals surface area contributed by atoms with Crippen LogP contribution in [0.15, 0.2) is 63.7 Å². The van der Waals surface area contributed by atoms with Crippen LogP contribution in [0.25, 0.3) is 11.6 Å². The van der Waals surface area contributed by atoms with E-state index in [0.717, 1.165) is 5.56 Å². The molecule has 1 amide bonds. The molecule has 0 radical (unpaired) electrons. The quantitative estimate of drug-likeness (QED) is 0.529. The Morgan fingerprint density at radius 3 is 2.81 bits per heavy atom. The Hall–Kier alpha value is -2.90. The number of nitrogens with one attached hydrogen (secondary N) is 1. The van der Waals surface area contributed by atoms with Crippen molar-refractivity contribution in [3.8, 4) is 11.6 Å². The van der Waals surface area contributed by atoms with E-state index in [4.69, 9.17) is 20.5 Å². The van der Waals surface area contributed by atoms with Gasteiger partial charge in [0.1, 0.15) is 0 Å². The van der Waals surface area contributed by atoms with Crippen molar-refractivity contribution in [2.45, 2.75) is 6.42 Å². The maximum Gasteiger partial charge on any atom is 0.265 e. The molecule has 26 heavy (non-hydrogen) atoms. The third kappa shape index (κ3) is 3.54. The number of nitrogens with zero attached hydrogens (tertiary/aromatic N) is 2. The molecule has 0 aliphatic carbocycles. The number of carbonyl (C=O) groups is 1. The van der Waals surface area contributed by atoms with Gasteiger partial charge in [-0.2, -0.15) is 4.98 Å². The van der Waals surface area contributed by atoms with E-state index in [1.54, 1.807) is 30.5 Å². The van der Waals surface area contributed by atoms with Crippen LogP contribution in [-0.2, 0) is 6.42 Å². The molecule has 0 aliphatic rings. The normalized spacial score (nSPS) is 10.8. The Labute approximate surface area is 157 Å². The largest absolute Gasteiger partial charge is 0.461 e. The van der Waals surface area contributed by atoms with Crippen molar-refractivity contribution in [2.24, 2.45) is 0 Å². The number of para-hydroxylation sites is 1. The molecular weight excluding hydrogens is 374 g/mol. The van der Waals surface area contributed by atoms with E-state index in [0.29, 0.717) is 38.8 Å². The molecule has 0 saturated heterocycles. The number of carbonyl (C=O) groups excluding carboxylic acids is 1. The minimum Gasteiger partial charge on any atom is -0.461 e. The fourth-order valence-electron chi connectivity index (χ4n) is 2.41. The number of rotatable bonds is 5. The number of anilines is 1. The highest BCUT2D eigenvalue weighted by molar-refractivity contribution is 7.18.